The highest BCUT2D eigenvalue weighted by Crippen LogP contribution is 2.39. The Bertz CT molecular complexity index is 465. The smallest absolute Gasteiger partial charge is 0.230 e. The normalized spacial score (nSPS) is 21.6. The number of nitrogens with one attached hydrogen (secondary N) is 2. The third kappa shape index (κ3) is 5.86. The van der Waals surface area contributed by atoms with Crippen molar-refractivity contribution in [3.05, 3.63) is 0 Å². The molecule has 150 valence electrons. The fraction of sp³-hybridized carbons (Fsp3) is 0.900. The number of nitrogens with zero attached hydrogens (tertiary/aromatic N) is 3. The Morgan fingerprint density at radius 3 is 2.38 bits per heavy atom. The Labute approximate surface area is 159 Å². The van der Waals surface area contributed by atoms with Crippen LogP contribution < -0.4 is 10.6 Å². The number of hydrogen-bond donors (Lipinski definition) is 2. The van der Waals surface area contributed by atoms with Gasteiger partial charge in [0.2, 0.25) is 5.91 Å². The fourth-order valence-electron chi connectivity index (χ4n) is 4.28. The molecule has 2 N–H and O–H groups in total. The van der Waals surface area contributed by atoms with Gasteiger partial charge in [0.15, 0.2) is 5.96 Å². The summed E-state index contributed by atoms with van der Waals surface area (Å²) >= 11 is 0. The van der Waals surface area contributed by atoms with Crippen LogP contribution in [0, 0.1) is 11.3 Å². The van der Waals surface area contributed by atoms with E-state index >= 15 is 0 Å². The van der Waals surface area contributed by atoms with Crippen LogP contribution in [-0.2, 0) is 4.79 Å². The van der Waals surface area contributed by atoms with Crippen LogP contribution in [0.5, 0.6) is 0 Å². The van der Waals surface area contributed by atoms with Crippen molar-refractivity contribution in [2.24, 2.45) is 16.3 Å². The van der Waals surface area contributed by atoms with Crippen LogP contribution in [0.15, 0.2) is 4.99 Å². The lowest BCUT2D eigenvalue weighted by Crippen LogP contribution is -2.44. The van der Waals surface area contributed by atoms with Gasteiger partial charge in [-0.25, -0.2) is 0 Å². The van der Waals surface area contributed by atoms with E-state index in [0.29, 0.717) is 12.5 Å². The average molecular weight is 366 g/mol. The first-order valence-corrected chi connectivity index (χ1v) is 10.4. The molecule has 0 aromatic rings. The summed E-state index contributed by atoms with van der Waals surface area (Å²) in [6, 6.07) is 0. The Hall–Kier alpha value is -1.30. The molecule has 1 saturated carbocycles. The molecule has 0 aromatic heterocycles. The van der Waals surface area contributed by atoms with E-state index in [9.17, 15) is 4.79 Å². The maximum Gasteiger partial charge on any atom is 0.230 e. The molecular formula is C20H39N5O. The minimum Gasteiger partial charge on any atom is -0.357 e. The summed E-state index contributed by atoms with van der Waals surface area (Å²) in [5, 5.41) is 6.83. The number of guanidine groups is 1. The minimum absolute atomic E-state index is 0.233. The van der Waals surface area contributed by atoms with Crippen LogP contribution >= 0.6 is 0 Å². The lowest BCUT2D eigenvalue weighted by atomic mass is 9.85. The zero-order chi connectivity index (χ0) is 19.0. The molecule has 1 aliphatic carbocycles. The van der Waals surface area contributed by atoms with Crippen LogP contribution in [0.2, 0.25) is 0 Å². The summed E-state index contributed by atoms with van der Waals surface area (Å²) in [5.74, 6) is 1.66. The van der Waals surface area contributed by atoms with E-state index in [1.54, 1.807) is 4.90 Å². The molecule has 1 atom stereocenters. The third-order valence-electron chi connectivity index (χ3n) is 5.69. The van der Waals surface area contributed by atoms with Gasteiger partial charge in [0.25, 0.3) is 0 Å². The maximum atomic E-state index is 12.7. The SMILES string of the molecule is CCNC(=NCC1(C(=O)N(C)C)CCCC1)NCC(C)CN1CCCC1. The maximum absolute atomic E-state index is 12.7. The predicted octanol–water partition coefficient (Wildman–Crippen LogP) is 1.92. The Morgan fingerprint density at radius 2 is 1.81 bits per heavy atom. The number of rotatable bonds is 8. The van der Waals surface area contributed by atoms with Crippen molar-refractivity contribution in [3.63, 3.8) is 0 Å². The minimum atomic E-state index is -0.299. The topological polar surface area (TPSA) is 60.0 Å². The van der Waals surface area contributed by atoms with Crippen molar-refractivity contribution < 1.29 is 4.79 Å². The highest BCUT2D eigenvalue weighted by Gasteiger charge is 2.42. The molecule has 2 aliphatic rings. The number of aliphatic imine (C=N–C) groups is 1. The number of amides is 1. The van der Waals surface area contributed by atoms with Gasteiger partial charge >= 0.3 is 0 Å². The quantitative estimate of drug-likeness (QED) is 0.510. The van der Waals surface area contributed by atoms with Gasteiger partial charge in [-0.2, -0.15) is 0 Å². The predicted molar refractivity (Wildman–Crippen MR) is 108 cm³/mol. The van der Waals surface area contributed by atoms with Gasteiger partial charge in [0, 0.05) is 33.7 Å². The fourth-order valence-corrected chi connectivity index (χ4v) is 4.28. The summed E-state index contributed by atoms with van der Waals surface area (Å²) in [7, 11) is 3.71. The monoisotopic (exact) mass is 365 g/mol. The van der Waals surface area contributed by atoms with E-state index in [4.69, 9.17) is 4.99 Å². The van der Waals surface area contributed by atoms with Crippen molar-refractivity contribution in [2.45, 2.75) is 52.4 Å². The Balaban J connectivity index is 1.90. The van der Waals surface area contributed by atoms with Gasteiger partial charge in [-0.1, -0.05) is 19.8 Å². The number of hydrogen-bond acceptors (Lipinski definition) is 3. The molecule has 1 amide bonds. The van der Waals surface area contributed by atoms with Gasteiger partial charge in [0.05, 0.1) is 12.0 Å². The third-order valence-corrected chi connectivity index (χ3v) is 5.69. The number of carbonyl (C=O) groups is 1. The standard InChI is InChI=1S/C20H39N5O/c1-5-21-19(22-14-17(2)15-25-12-8-9-13-25)23-16-20(10-6-7-11-20)18(26)24(3)4/h17H,5-16H2,1-4H3,(H2,21,22,23). The Kier molecular flexibility index (Phi) is 8.19. The molecule has 1 saturated heterocycles. The summed E-state index contributed by atoms with van der Waals surface area (Å²) in [4.78, 5) is 21.8. The van der Waals surface area contributed by atoms with Crippen LogP contribution in [0.4, 0.5) is 0 Å². The lowest BCUT2D eigenvalue weighted by molar-refractivity contribution is -0.138. The molecule has 1 aliphatic heterocycles. The molecule has 26 heavy (non-hydrogen) atoms. The molecule has 2 rings (SSSR count). The largest absolute Gasteiger partial charge is 0.357 e. The van der Waals surface area contributed by atoms with E-state index in [2.05, 4.69) is 29.4 Å². The van der Waals surface area contributed by atoms with E-state index < -0.39 is 0 Å². The highest BCUT2D eigenvalue weighted by molar-refractivity contribution is 5.84. The zero-order valence-corrected chi connectivity index (χ0v) is 17.3. The highest BCUT2D eigenvalue weighted by atomic mass is 16.2. The molecular weight excluding hydrogens is 326 g/mol. The summed E-state index contributed by atoms with van der Waals surface area (Å²) in [6.45, 7) is 10.3. The van der Waals surface area contributed by atoms with Gasteiger partial charge in [-0.15, -0.1) is 0 Å². The van der Waals surface area contributed by atoms with Crippen LogP contribution in [0.25, 0.3) is 0 Å². The van der Waals surface area contributed by atoms with Crippen molar-refractivity contribution in [1.82, 2.24) is 20.4 Å². The average Bonchev–Trinajstić information content (AvgIpc) is 3.29. The number of carbonyl (C=O) groups excluding carboxylic acids is 1. The first-order chi connectivity index (χ1) is 12.5. The number of likely N-dealkylation sites (tertiary alicyclic amines) is 1. The van der Waals surface area contributed by atoms with Crippen LogP contribution in [-0.4, -0.2) is 75.0 Å². The summed E-state index contributed by atoms with van der Waals surface area (Å²) < 4.78 is 0. The zero-order valence-electron chi connectivity index (χ0n) is 17.3. The molecule has 6 heteroatoms. The van der Waals surface area contributed by atoms with Crippen molar-refractivity contribution in [3.8, 4) is 0 Å². The van der Waals surface area contributed by atoms with E-state index in [-0.39, 0.29) is 11.3 Å². The van der Waals surface area contributed by atoms with E-state index in [1.807, 2.05) is 14.1 Å². The molecule has 0 spiro atoms. The second kappa shape index (κ2) is 10.1. The van der Waals surface area contributed by atoms with Crippen LogP contribution in [0.1, 0.15) is 52.4 Å². The Morgan fingerprint density at radius 1 is 1.15 bits per heavy atom. The molecule has 6 nitrogen and oxygen atoms in total. The van der Waals surface area contributed by atoms with Crippen LogP contribution in [0.3, 0.4) is 0 Å². The molecule has 0 bridgehead atoms. The lowest BCUT2D eigenvalue weighted by Gasteiger charge is -2.29. The second-order valence-corrected chi connectivity index (χ2v) is 8.38. The van der Waals surface area contributed by atoms with Gasteiger partial charge in [0.1, 0.15) is 0 Å². The van der Waals surface area contributed by atoms with Crippen molar-refractivity contribution in [1.29, 1.82) is 0 Å². The van der Waals surface area contributed by atoms with Gasteiger partial charge in [-0.05, 0) is 51.6 Å². The van der Waals surface area contributed by atoms with Crippen molar-refractivity contribution >= 4 is 11.9 Å². The molecule has 1 heterocycles. The first-order valence-electron chi connectivity index (χ1n) is 10.4. The summed E-state index contributed by atoms with van der Waals surface area (Å²) in [6.07, 6.45) is 6.85. The molecule has 1 unspecified atom stereocenters. The van der Waals surface area contributed by atoms with E-state index in [0.717, 1.165) is 51.3 Å². The van der Waals surface area contributed by atoms with Gasteiger partial charge < -0.3 is 20.4 Å². The molecule has 0 radical (unpaired) electrons. The summed E-state index contributed by atoms with van der Waals surface area (Å²) in [5.41, 5.74) is -0.299. The first kappa shape index (κ1) is 21.0. The molecule has 2 fully saturated rings. The van der Waals surface area contributed by atoms with Crippen molar-refractivity contribution in [2.75, 3.05) is 53.4 Å². The van der Waals surface area contributed by atoms with Gasteiger partial charge in [-0.3, -0.25) is 9.79 Å². The molecule has 0 aromatic carbocycles. The second-order valence-electron chi connectivity index (χ2n) is 8.38. The van der Waals surface area contributed by atoms with E-state index in [1.165, 1.54) is 25.9 Å².